The molecule has 2 aliphatic rings. The molecule has 68 valence electrons. The minimum atomic E-state index is -0.509. The van der Waals surface area contributed by atoms with Crippen LogP contribution in [0.1, 0.15) is 12.8 Å². The van der Waals surface area contributed by atoms with Crippen LogP contribution in [-0.4, -0.2) is 31.7 Å². The fraction of sp³-hybridized carbons (Fsp3) is 0.875. The third-order valence-corrected chi connectivity index (χ3v) is 2.39. The van der Waals surface area contributed by atoms with E-state index in [9.17, 15) is 4.39 Å². The lowest BCUT2D eigenvalue weighted by Crippen LogP contribution is -2.26. The molecule has 0 amide bonds. The average Bonchev–Trinajstić information content (AvgIpc) is 2.33. The zero-order valence-electron chi connectivity index (χ0n) is 6.83. The van der Waals surface area contributed by atoms with Gasteiger partial charge >= 0.3 is 0 Å². The lowest BCUT2D eigenvalue weighted by molar-refractivity contribution is 0.0479. The number of oxime groups is 1. The standard InChI is InChI=1S/C8H12FNO2/c9-4-7-6-5-11-3-1-2-8(6)12-10-7/h6,8H,1-5H2/t6-,8-/m1/s1. The van der Waals surface area contributed by atoms with E-state index in [0.29, 0.717) is 12.3 Å². The highest BCUT2D eigenvalue weighted by molar-refractivity contribution is 5.89. The number of halogens is 1. The molecule has 2 rings (SSSR count). The Bertz CT molecular complexity index is 195. The minimum Gasteiger partial charge on any atom is -0.392 e. The van der Waals surface area contributed by atoms with Crippen LogP contribution in [0.3, 0.4) is 0 Å². The quantitative estimate of drug-likeness (QED) is 0.595. The van der Waals surface area contributed by atoms with E-state index in [-0.39, 0.29) is 12.0 Å². The molecule has 0 unspecified atom stereocenters. The number of alkyl halides is 1. The molecular weight excluding hydrogens is 161 g/mol. The van der Waals surface area contributed by atoms with Crippen LogP contribution in [0.2, 0.25) is 0 Å². The van der Waals surface area contributed by atoms with E-state index in [1.807, 2.05) is 0 Å². The van der Waals surface area contributed by atoms with Crippen LogP contribution in [-0.2, 0) is 9.57 Å². The van der Waals surface area contributed by atoms with E-state index in [1.165, 1.54) is 0 Å². The highest BCUT2D eigenvalue weighted by Crippen LogP contribution is 2.25. The van der Waals surface area contributed by atoms with Gasteiger partial charge in [-0.25, -0.2) is 4.39 Å². The molecule has 2 heterocycles. The molecule has 0 radical (unpaired) electrons. The van der Waals surface area contributed by atoms with Gasteiger partial charge in [0.15, 0.2) is 0 Å². The lowest BCUT2D eigenvalue weighted by Gasteiger charge is -2.12. The number of hydrogen-bond donors (Lipinski definition) is 0. The second kappa shape index (κ2) is 3.39. The summed E-state index contributed by atoms with van der Waals surface area (Å²) in [7, 11) is 0. The van der Waals surface area contributed by atoms with E-state index in [2.05, 4.69) is 5.16 Å². The number of ether oxygens (including phenoxy) is 1. The van der Waals surface area contributed by atoms with Crippen LogP contribution in [0, 0.1) is 5.92 Å². The van der Waals surface area contributed by atoms with Gasteiger partial charge in [-0.3, -0.25) is 0 Å². The molecule has 3 nitrogen and oxygen atoms in total. The normalized spacial score (nSPS) is 34.9. The van der Waals surface area contributed by atoms with Crippen molar-refractivity contribution in [2.75, 3.05) is 19.9 Å². The Labute approximate surface area is 70.5 Å². The molecule has 2 aliphatic heterocycles. The molecule has 0 aliphatic carbocycles. The molecule has 0 N–H and O–H groups in total. The van der Waals surface area contributed by atoms with Gasteiger partial charge in [-0.15, -0.1) is 0 Å². The van der Waals surface area contributed by atoms with E-state index in [1.54, 1.807) is 0 Å². The van der Waals surface area contributed by atoms with Crippen LogP contribution in [0.25, 0.3) is 0 Å². The molecule has 0 aromatic carbocycles. The molecule has 1 fully saturated rings. The van der Waals surface area contributed by atoms with E-state index in [4.69, 9.17) is 9.57 Å². The number of fused-ring (bicyclic) bond motifs is 1. The van der Waals surface area contributed by atoms with Crippen LogP contribution in [0.15, 0.2) is 5.16 Å². The predicted molar refractivity (Wildman–Crippen MR) is 41.8 cm³/mol. The van der Waals surface area contributed by atoms with Gasteiger partial charge < -0.3 is 9.57 Å². The lowest BCUT2D eigenvalue weighted by atomic mass is 9.97. The highest BCUT2D eigenvalue weighted by atomic mass is 19.1. The Morgan fingerprint density at radius 3 is 3.33 bits per heavy atom. The third kappa shape index (κ3) is 1.31. The smallest absolute Gasteiger partial charge is 0.138 e. The first-order chi connectivity index (χ1) is 5.92. The number of rotatable bonds is 1. The van der Waals surface area contributed by atoms with Gasteiger partial charge in [-0.1, -0.05) is 5.16 Å². The van der Waals surface area contributed by atoms with Crippen molar-refractivity contribution >= 4 is 5.71 Å². The Balaban J connectivity index is 2.05. The summed E-state index contributed by atoms with van der Waals surface area (Å²) in [5.74, 6) is 0.0671. The van der Waals surface area contributed by atoms with Gasteiger partial charge in [0.25, 0.3) is 0 Å². The fourth-order valence-corrected chi connectivity index (χ4v) is 1.67. The molecule has 2 atom stereocenters. The topological polar surface area (TPSA) is 30.8 Å². The Hall–Kier alpha value is -0.640. The van der Waals surface area contributed by atoms with Crippen molar-refractivity contribution in [1.29, 1.82) is 0 Å². The Morgan fingerprint density at radius 2 is 2.50 bits per heavy atom. The second-order valence-corrected chi connectivity index (χ2v) is 3.18. The van der Waals surface area contributed by atoms with Crippen molar-refractivity contribution in [3.05, 3.63) is 0 Å². The summed E-state index contributed by atoms with van der Waals surface area (Å²) in [6, 6.07) is 0. The molecule has 0 spiro atoms. The average molecular weight is 173 g/mol. The molecular formula is C8H12FNO2. The molecule has 1 saturated heterocycles. The summed E-state index contributed by atoms with van der Waals surface area (Å²) < 4.78 is 17.6. The van der Waals surface area contributed by atoms with Gasteiger partial charge in [0.2, 0.25) is 0 Å². The maximum Gasteiger partial charge on any atom is 0.138 e. The van der Waals surface area contributed by atoms with E-state index >= 15 is 0 Å². The van der Waals surface area contributed by atoms with Crippen molar-refractivity contribution < 1.29 is 14.0 Å². The van der Waals surface area contributed by atoms with Crippen LogP contribution in [0.5, 0.6) is 0 Å². The van der Waals surface area contributed by atoms with Crippen molar-refractivity contribution in [3.63, 3.8) is 0 Å². The van der Waals surface area contributed by atoms with Crippen LogP contribution < -0.4 is 0 Å². The number of hydrogen-bond acceptors (Lipinski definition) is 3. The third-order valence-electron chi connectivity index (χ3n) is 2.39. The van der Waals surface area contributed by atoms with E-state index < -0.39 is 6.67 Å². The first-order valence-electron chi connectivity index (χ1n) is 4.28. The highest BCUT2D eigenvalue weighted by Gasteiger charge is 2.35. The summed E-state index contributed by atoms with van der Waals surface area (Å²) in [6.07, 6.45) is 1.98. The molecule has 0 bridgehead atoms. The number of nitrogens with zero attached hydrogens (tertiary/aromatic N) is 1. The van der Waals surface area contributed by atoms with Gasteiger partial charge in [0.1, 0.15) is 12.8 Å². The molecule has 0 aromatic rings. The van der Waals surface area contributed by atoms with Gasteiger partial charge in [0, 0.05) is 6.61 Å². The van der Waals surface area contributed by atoms with Gasteiger partial charge in [0.05, 0.1) is 18.2 Å². The molecule has 4 heteroatoms. The monoisotopic (exact) mass is 173 g/mol. The second-order valence-electron chi connectivity index (χ2n) is 3.18. The van der Waals surface area contributed by atoms with Crippen molar-refractivity contribution in [2.45, 2.75) is 18.9 Å². The van der Waals surface area contributed by atoms with Crippen LogP contribution in [0.4, 0.5) is 4.39 Å². The Morgan fingerprint density at radius 1 is 1.58 bits per heavy atom. The van der Waals surface area contributed by atoms with Gasteiger partial charge in [-0.2, -0.15) is 0 Å². The summed E-state index contributed by atoms with van der Waals surface area (Å²) in [6.45, 7) is 0.813. The predicted octanol–water partition coefficient (Wildman–Crippen LogP) is 1.14. The van der Waals surface area contributed by atoms with Crippen molar-refractivity contribution in [3.8, 4) is 0 Å². The molecule has 12 heavy (non-hydrogen) atoms. The van der Waals surface area contributed by atoms with Crippen LogP contribution >= 0.6 is 0 Å². The zero-order valence-corrected chi connectivity index (χ0v) is 6.83. The van der Waals surface area contributed by atoms with Gasteiger partial charge in [-0.05, 0) is 12.8 Å². The first-order valence-corrected chi connectivity index (χ1v) is 4.28. The molecule has 0 saturated carbocycles. The Kier molecular flexibility index (Phi) is 2.26. The maximum atomic E-state index is 12.3. The summed E-state index contributed by atoms with van der Waals surface area (Å²) in [5.41, 5.74) is 0.516. The minimum absolute atomic E-state index is 0.0671. The zero-order chi connectivity index (χ0) is 8.39. The fourth-order valence-electron chi connectivity index (χ4n) is 1.67. The SMILES string of the molecule is FCC1=NO[C@@H]2CCCOC[C@H]12. The summed E-state index contributed by atoms with van der Waals surface area (Å²) in [5, 5.41) is 3.70. The summed E-state index contributed by atoms with van der Waals surface area (Å²) >= 11 is 0. The van der Waals surface area contributed by atoms with Crippen molar-refractivity contribution in [2.24, 2.45) is 11.1 Å². The maximum absolute atomic E-state index is 12.3. The molecule has 0 aromatic heterocycles. The van der Waals surface area contributed by atoms with E-state index in [0.717, 1.165) is 19.4 Å². The first kappa shape index (κ1) is 7.98. The largest absolute Gasteiger partial charge is 0.392 e. The van der Waals surface area contributed by atoms with Crippen molar-refractivity contribution in [1.82, 2.24) is 0 Å². The summed E-state index contributed by atoms with van der Waals surface area (Å²) in [4.78, 5) is 5.11.